The molecule has 7 heteroatoms. The summed E-state index contributed by atoms with van der Waals surface area (Å²) in [6.45, 7) is 6.06. The van der Waals surface area contributed by atoms with Crippen molar-refractivity contribution in [2.24, 2.45) is 0 Å². The van der Waals surface area contributed by atoms with E-state index in [1.807, 2.05) is 30.3 Å². The highest BCUT2D eigenvalue weighted by molar-refractivity contribution is 6.32. The number of carbonyl (C=O) groups is 1. The van der Waals surface area contributed by atoms with Crippen molar-refractivity contribution >= 4 is 34.2 Å². The van der Waals surface area contributed by atoms with Gasteiger partial charge in [-0.25, -0.2) is 4.98 Å². The van der Waals surface area contributed by atoms with Crippen LogP contribution < -0.4 is 10.1 Å². The number of nitrogens with one attached hydrogen (secondary N) is 1. The number of hydrogen-bond acceptors (Lipinski definition) is 4. The van der Waals surface area contributed by atoms with E-state index >= 15 is 0 Å². The van der Waals surface area contributed by atoms with Gasteiger partial charge in [-0.3, -0.25) is 9.69 Å². The Morgan fingerprint density at radius 1 is 1.17 bits per heavy atom. The monoisotopic (exact) mass is 426 g/mol. The Hall–Kier alpha value is -2.57. The van der Waals surface area contributed by atoms with Gasteiger partial charge in [-0.1, -0.05) is 30.2 Å². The molecule has 158 valence electrons. The number of aryl methyl sites for hydroxylation is 1. The number of imidazole rings is 1. The number of anilines is 1. The average Bonchev–Trinajstić information content (AvgIpc) is 3.10. The number of nitrogens with zero attached hydrogens (tertiary/aromatic N) is 3. The van der Waals surface area contributed by atoms with Gasteiger partial charge in [0.2, 0.25) is 0 Å². The molecule has 0 unspecified atom stereocenters. The standard InChI is InChI=1S/C23H27ClN4O2/c1-2-28-20-11-10-17(25-23(29)16-30-21-9-5-4-8-18(21)24)14-19(20)26-22(28)15-27-12-6-3-7-13-27/h4-5,8-11,14H,2-3,6-7,12-13,15-16H2,1H3,(H,25,29). The summed E-state index contributed by atoms with van der Waals surface area (Å²) in [5.74, 6) is 1.34. The van der Waals surface area contributed by atoms with E-state index in [1.54, 1.807) is 12.1 Å². The smallest absolute Gasteiger partial charge is 0.262 e. The summed E-state index contributed by atoms with van der Waals surface area (Å²) in [7, 11) is 0. The Morgan fingerprint density at radius 2 is 1.97 bits per heavy atom. The molecule has 1 aliphatic heterocycles. The Balaban J connectivity index is 1.44. The zero-order valence-electron chi connectivity index (χ0n) is 17.2. The van der Waals surface area contributed by atoms with E-state index in [-0.39, 0.29) is 12.5 Å². The number of aromatic nitrogens is 2. The number of ether oxygens (including phenoxy) is 1. The number of para-hydroxylation sites is 1. The number of likely N-dealkylation sites (tertiary alicyclic amines) is 1. The van der Waals surface area contributed by atoms with Crippen LogP contribution in [0.25, 0.3) is 11.0 Å². The fraction of sp³-hybridized carbons (Fsp3) is 0.391. The predicted octanol–water partition coefficient (Wildman–Crippen LogP) is 4.71. The molecule has 3 aromatic rings. The molecule has 1 amide bonds. The van der Waals surface area contributed by atoms with Gasteiger partial charge >= 0.3 is 0 Å². The first kappa shape index (κ1) is 20.7. The summed E-state index contributed by atoms with van der Waals surface area (Å²) >= 11 is 6.06. The second kappa shape index (κ2) is 9.49. The van der Waals surface area contributed by atoms with Crippen LogP contribution in [-0.4, -0.2) is 40.1 Å². The Labute approximate surface area is 181 Å². The minimum atomic E-state index is -0.238. The number of amides is 1. The lowest BCUT2D eigenvalue weighted by atomic mass is 10.1. The summed E-state index contributed by atoms with van der Waals surface area (Å²) in [5, 5.41) is 3.37. The molecule has 1 aromatic heterocycles. The maximum atomic E-state index is 12.3. The number of fused-ring (bicyclic) bond motifs is 1. The molecule has 0 bridgehead atoms. The van der Waals surface area contributed by atoms with Gasteiger partial charge in [0, 0.05) is 12.2 Å². The van der Waals surface area contributed by atoms with Gasteiger partial charge in [-0.2, -0.15) is 0 Å². The third kappa shape index (κ3) is 4.77. The maximum Gasteiger partial charge on any atom is 0.262 e. The molecule has 1 N–H and O–H groups in total. The lowest BCUT2D eigenvalue weighted by molar-refractivity contribution is -0.118. The van der Waals surface area contributed by atoms with E-state index in [0.29, 0.717) is 16.5 Å². The molecule has 1 saturated heterocycles. The van der Waals surface area contributed by atoms with E-state index in [2.05, 4.69) is 21.7 Å². The van der Waals surface area contributed by atoms with E-state index in [0.717, 1.165) is 43.0 Å². The first-order valence-corrected chi connectivity index (χ1v) is 10.9. The Kier molecular flexibility index (Phi) is 6.55. The molecule has 0 spiro atoms. The van der Waals surface area contributed by atoms with Crippen LogP contribution >= 0.6 is 11.6 Å². The number of carbonyl (C=O) groups excluding carboxylic acids is 1. The third-order valence-corrected chi connectivity index (χ3v) is 5.75. The fourth-order valence-corrected chi connectivity index (χ4v) is 4.14. The van der Waals surface area contributed by atoms with E-state index < -0.39 is 0 Å². The lowest BCUT2D eigenvalue weighted by Crippen LogP contribution is -2.30. The molecular weight excluding hydrogens is 400 g/mol. The first-order chi connectivity index (χ1) is 14.6. The van der Waals surface area contributed by atoms with Gasteiger partial charge in [0.15, 0.2) is 6.61 Å². The van der Waals surface area contributed by atoms with Crippen LogP contribution in [0.5, 0.6) is 5.75 Å². The normalized spacial score (nSPS) is 14.7. The molecule has 0 radical (unpaired) electrons. The number of hydrogen-bond donors (Lipinski definition) is 1. The molecule has 1 aliphatic rings. The second-order valence-electron chi connectivity index (χ2n) is 7.58. The predicted molar refractivity (Wildman–Crippen MR) is 120 cm³/mol. The largest absolute Gasteiger partial charge is 0.482 e. The van der Waals surface area contributed by atoms with Crippen molar-refractivity contribution in [3.05, 3.63) is 53.3 Å². The zero-order chi connectivity index (χ0) is 20.9. The fourth-order valence-electron chi connectivity index (χ4n) is 3.95. The van der Waals surface area contributed by atoms with Gasteiger partial charge in [-0.15, -0.1) is 0 Å². The van der Waals surface area contributed by atoms with Gasteiger partial charge in [0.1, 0.15) is 11.6 Å². The van der Waals surface area contributed by atoms with Gasteiger partial charge < -0.3 is 14.6 Å². The van der Waals surface area contributed by atoms with Crippen LogP contribution in [0.15, 0.2) is 42.5 Å². The Bertz CT molecular complexity index is 1030. The summed E-state index contributed by atoms with van der Waals surface area (Å²) in [4.78, 5) is 19.7. The van der Waals surface area contributed by atoms with Gasteiger partial charge in [0.05, 0.1) is 22.6 Å². The second-order valence-corrected chi connectivity index (χ2v) is 7.99. The van der Waals surface area contributed by atoms with E-state index in [4.69, 9.17) is 21.3 Å². The molecular formula is C23H27ClN4O2. The SMILES string of the molecule is CCn1c(CN2CCCCC2)nc2cc(NC(=O)COc3ccccc3Cl)ccc21. The third-order valence-electron chi connectivity index (χ3n) is 5.44. The van der Waals surface area contributed by atoms with Crippen LogP contribution in [0.3, 0.4) is 0 Å². The van der Waals surface area contributed by atoms with E-state index in [9.17, 15) is 4.79 Å². The van der Waals surface area contributed by atoms with Crippen molar-refractivity contribution in [2.45, 2.75) is 39.3 Å². The number of benzene rings is 2. The number of halogens is 1. The highest BCUT2D eigenvalue weighted by Crippen LogP contribution is 2.24. The van der Waals surface area contributed by atoms with Crippen molar-refractivity contribution in [2.75, 3.05) is 25.0 Å². The summed E-state index contributed by atoms with van der Waals surface area (Å²) in [5.41, 5.74) is 2.70. The number of rotatable bonds is 7. The summed E-state index contributed by atoms with van der Waals surface area (Å²) in [6, 6.07) is 13.0. The molecule has 30 heavy (non-hydrogen) atoms. The van der Waals surface area contributed by atoms with Crippen molar-refractivity contribution in [3.63, 3.8) is 0 Å². The quantitative estimate of drug-likeness (QED) is 0.594. The maximum absolute atomic E-state index is 12.3. The Morgan fingerprint density at radius 3 is 2.73 bits per heavy atom. The minimum Gasteiger partial charge on any atom is -0.482 e. The molecule has 4 rings (SSSR count). The molecule has 2 heterocycles. The molecule has 1 fully saturated rings. The lowest BCUT2D eigenvalue weighted by Gasteiger charge is -2.26. The highest BCUT2D eigenvalue weighted by Gasteiger charge is 2.16. The van der Waals surface area contributed by atoms with Crippen molar-refractivity contribution in [1.29, 1.82) is 0 Å². The van der Waals surface area contributed by atoms with Crippen LogP contribution in [0.2, 0.25) is 5.02 Å². The topological polar surface area (TPSA) is 59.4 Å². The van der Waals surface area contributed by atoms with Crippen molar-refractivity contribution in [3.8, 4) is 5.75 Å². The molecule has 0 saturated carbocycles. The summed E-state index contributed by atoms with van der Waals surface area (Å²) < 4.78 is 7.77. The first-order valence-electron chi connectivity index (χ1n) is 10.5. The molecule has 6 nitrogen and oxygen atoms in total. The van der Waals surface area contributed by atoms with Crippen LogP contribution in [-0.2, 0) is 17.9 Å². The minimum absolute atomic E-state index is 0.106. The van der Waals surface area contributed by atoms with Crippen molar-refractivity contribution in [1.82, 2.24) is 14.5 Å². The van der Waals surface area contributed by atoms with Crippen LogP contribution in [0.1, 0.15) is 32.0 Å². The average molecular weight is 427 g/mol. The number of piperidine rings is 1. The van der Waals surface area contributed by atoms with Gasteiger partial charge in [-0.05, 0) is 63.2 Å². The van der Waals surface area contributed by atoms with Gasteiger partial charge in [0.25, 0.3) is 5.91 Å². The van der Waals surface area contributed by atoms with Crippen molar-refractivity contribution < 1.29 is 9.53 Å². The molecule has 0 atom stereocenters. The van der Waals surface area contributed by atoms with E-state index in [1.165, 1.54) is 19.3 Å². The van der Waals surface area contributed by atoms with Crippen LogP contribution in [0.4, 0.5) is 5.69 Å². The molecule has 0 aliphatic carbocycles. The van der Waals surface area contributed by atoms with Crippen LogP contribution in [0, 0.1) is 0 Å². The highest BCUT2D eigenvalue weighted by atomic mass is 35.5. The zero-order valence-corrected chi connectivity index (χ0v) is 18.0. The molecule has 2 aromatic carbocycles. The summed E-state index contributed by atoms with van der Waals surface area (Å²) in [6.07, 6.45) is 3.85.